The lowest BCUT2D eigenvalue weighted by molar-refractivity contribution is 0.0696. The van der Waals surface area contributed by atoms with E-state index in [9.17, 15) is 4.79 Å². The molecule has 1 aromatic heterocycles. The molecule has 1 fully saturated rings. The minimum absolute atomic E-state index is 0.110. The SMILES string of the molecule is CC1(N)CCN(c2cc(C(=O)O)ccn2)CC1. The summed E-state index contributed by atoms with van der Waals surface area (Å²) in [6.07, 6.45) is 3.33. The van der Waals surface area contributed by atoms with Crippen LogP contribution in [0.5, 0.6) is 0 Å². The number of hydrogen-bond acceptors (Lipinski definition) is 4. The molecule has 0 amide bonds. The Morgan fingerprint density at radius 3 is 2.76 bits per heavy atom. The summed E-state index contributed by atoms with van der Waals surface area (Å²) in [5, 5.41) is 8.92. The quantitative estimate of drug-likeness (QED) is 0.802. The first-order valence-electron chi connectivity index (χ1n) is 5.71. The average molecular weight is 235 g/mol. The number of hydrogen-bond donors (Lipinski definition) is 2. The van der Waals surface area contributed by atoms with Crippen LogP contribution in [-0.2, 0) is 0 Å². The molecule has 3 N–H and O–H groups in total. The zero-order valence-corrected chi connectivity index (χ0v) is 9.89. The third-order valence-corrected chi connectivity index (χ3v) is 3.22. The molecular weight excluding hydrogens is 218 g/mol. The van der Waals surface area contributed by atoms with Gasteiger partial charge in [-0.05, 0) is 31.9 Å². The maximum Gasteiger partial charge on any atom is 0.335 e. The first-order chi connectivity index (χ1) is 7.98. The molecular formula is C12H17N3O2. The number of rotatable bonds is 2. The molecule has 5 heteroatoms. The van der Waals surface area contributed by atoms with Gasteiger partial charge in [0.2, 0.25) is 0 Å². The molecule has 0 spiro atoms. The van der Waals surface area contributed by atoms with E-state index in [4.69, 9.17) is 10.8 Å². The standard InChI is InChI=1S/C12H17N3O2/c1-12(13)3-6-15(7-4-12)10-8-9(11(16)17)2-5-14-10/h2,5,8H,3-4,6-7,13H2,1H3,(H,16,17). The van der Waals surface area contributed by atoms with Crippen LogP contribution in [0.15, 0.2) is 18.3 Å². The van der Waals surface area contributed by atoms with E-state index in [-0.39, 0.29) is 11.1 Å². The summed E-state index contributed by atoms with van der Waals surface area (Å²) in [6.45, 7) is 3.69. The van der Waals surface area contributed by atoms with Crippen LogP contribution in [0.4, 0.5) is 5.82 Å². The minimum atomic E-state index is -0.922. The van der Waals surface area contributed by atoms with Crippen molar-refractivity contribution in [3.8, 4) is 0 Å². The number of carboxylic acids is 1. The smallest absolute Gasteiger partial charge is 0.335 e. The first kappa shape index (κ1) is 11.9. The van der Waals surface area contributed by atoms with Crippen molar-refractivity contribution in [3.63, 3.8) is 0 Å². The zero-order chi connectivity index (χ0) is 12.5. The number of pyridine rings is 1. The van der Waals surface area contributed by atoms with Crippen LogP contribution in [0.2, 0.25) is 0 Å². The summed E-state index contributed by atoms with van der Waals surface area (Å²) in [4.78, 5) is 17.2. The molecule has 1 saturated heterocycles. The monoisotopic (exact) mass is 235 g/mol. The second-order valence-electron chi connectivity index (χ2n) is 4.85. The maximum atomic E-state index is 10.9. The lowest BCUT2D eigenvalue weighted by atomic mass is 9.91. The van der Waals surface area contributed by atoms with Crippen molar-refractivity contribution in [2.75, 3.05) is 18.0 Å². The first-order valence-corrected chi connectivity index (χ1v) is 5.71. The van der Waals surface area contributed by atoms with Crippen molar-refractivity contribution in [3.05, 3.63) is 23.9 Å². The van der Waals surface area contributed by atoms with E-state index in [1.807, 2.05) is 6.92 Å². The van der Waals surface area contributed by atoms with E-state index in [1.165, 1.54) is 12.3 Å². The van der Waals surface area contributed by atoms with Crippen molar-refractivity contribution < 1.29 is 9.90 Å². The summed E-state index contributed by atoms with van der Waals surface area (Å²) < 4.78 is 0. The fourth-order valence-corrected chi connectivity index (χ4v) is 1.97. The summed E-state index contributed by atoms with van der Waals surface area (Å²) in [5.41, 5.74) is 6.22. The largest absolute Gasteiger partial charge is 0.478 e. The van der Waals surface area contributed by atoms with Crippen LogP contribution in [0.25, 0.3) is 0 Å². The van der Waals surface area contributed by atoms with Crippen LogP contribution in [0, 0.1) is 0 Å². The normalized spacial score (nSPS) is 19.1. The third-order valence-electron chi connectivity index (χ3n) is 3.22. The molecule has 1 aromatic rings. The second-order valence-corrected chi connectivity index (χ2v) is 4.85. The molecule has 17 heavy (non-hydrogen) atoms. The highest BCUT2D eigenvalue weighted by atomic mass is 16.4. The Labute approximate surface area is 100 Å². The zero-order valence-electron chi connectivity index (χ0n) is 9.89. The van der Waals surface area contributed by atoms with Gasteiger partial charge in [-0.1, -0.05) is 0 Å². The van der Waals surface area contributed by atoms with E-state index < -0.39 is 5.97 Å². The molecule has 0 aliphatic carbocycles. The molecule has 0 atom stereocenters. The van der Waals surface area contributed by atoms with Gasteiger partial charge >= 0.3 is 5.97 Å². The van der Waals surface area contributed by atoms with Crippen molar-refractivity contribution in [1.82, 2.24) is 4.98 Å². The van der Waals surface area contributed by atoms with E-state index in [0.717, 1.165) is 31.7 Å². The molecule has 0 unspecified atom stereocenters. The molecule has 0 aromatic carbocycles. The highest BCUT2D eigenvalue weighted by molar-refractivity contribution is 5.88. The fraction of sp³-hybridized carbons (Fsp3) is 0.500. The van der Waals surface area contributed by atoms with Gasteiger partial charge in [0.05, 0.1) is 5.56 Å². The Bertz CT molecular complexity index is 422. The predicted molar refractivity (Wildman–Crippen MR) is 65.2 cm³/mol. The highest BCUT2D eigenvalue weighted by Crippen LogP contribution is 2.23. The van der Waals surface area contributed by atoms with E-state index in [2.05, 4.69) is 9.88 Å². The number of nitrogens with two attached hydrogens (primary N) is 1. The van der Waals surface area contributed by atoms with Gasteiger partial charge in [-0.25, -0.2) is 9.78 Å². The average Bonchev–Trinajstić information content (AvgIpc) is 2.29. The van der Waals surface area contributed by atoms with Gasteiger partial charge in [-0.2, -0.15) is 0 Å². The molecule has 0 saturated carbocycles. The van der Waals surface area contributed by atoms with E-state index in [1.54, 1.807) is 6.07 Å². The predicted octanol–water partition coefficient (Wildman–Crippen LogP) is 1.10. The lowest BCUT2D eigenvalue weighted by Gasteiger charge is -2.37. The summed E-state index contributed by atoms with van der Waals surface area (Å²) in [6, 6.07) is 3.12. The van der Waals surface area contributed by atoms with E-state index >= 15 is 0 Å². The van der Waals surface area contributed by atoms with Crippen LogP contribution in [-0.4, -0.2) is 34.7 Å². The summed E-state index contributed by atoms with van der Waals surface area (Å²) in [7, 11) is 0. The topological polar surface area (TPSA) is 79.5 Å². The second kappa shape index (κ2) is 4.33. The molecule has 2 rings (SSSR count). The van der Waals surface area contributed by atoms with Gasteiger partial charge < -0.3 is 15.7 Å². The lowest BCUT2D eigenvalue weighted by Crippen LogP contribution is -2.48. The van der Waals surface area contributed by atoms with Crippen molar-refractivity contribution in [1.29, 1.82) is 0 Å². The number of carboxylic acid groups (broad SMARTS) is 1. The molecule has 0 bridgehead atoms. The van der Waals surface area contributed by atoms with Crippen LogP contribution in [0.1, 0.15) is 30.1 Å². The minimum Gasteiger partial charge on any atom is -0.478 e. The Morgan fingerprint density at radius 1 is 1.53 bits per heavy atom. The molecule has 1 aliphatic heterocycles. The van der Waals surface area contributed by atoms with Crippen LogP contribution in [0.3, 0.4) is 0 Å². The Morgan fingerprint density at radius 2 is 2.18 bits per heavy atom. The van der Waals surface area contributed by atoms with Gasteiger partial charge in [0.25, 0.3) is 0 Å². The molecule has 5 nitrogen and oxygen atoms in total. The summed E-state index contributed by atoms with van der Waals surface area (Å²) >= 11 is 0. The van der Waals surface area contributed by atoms with Gasteiger partial charge in [0, 0.05) is 24.8 Å². The Hall–Kier alpha value is -1.62. The molecule has 0 radical (unpaired) electrons. The molecule has 92 valence electrons. The maximum absolute atomic E-state index is 10.9. The Balaban J connectivity index is 2.13. The number of carbonyl (C=O) groups is 1. The number of nitrogens with zero attached hydrogens (tertiary/aromatic N) is 2. The number of aromatic nitrogens is 1. The van der Waals surface area contributed by atoms with Gasteiger partial charge in [0.15, 0.2) is 0 Å². The highest BCUT2D eigenvalue weighted by Gasteiger charge is 2.26. The van der Waals surface area contributed by atoms with Gasteiger partial charge in [-0.15, -0.1) is 0 Å². The fourth-order valence-electron chi connectivity index (χ4n) is 1.97. The molecule has 1 aliphatic rings. The van der Waals surface area contributed by atoms with Gasteiger partial charge in [0.1, 0.15) is 5.82 Å². The van der Waals surface area contributed by atoms with Crippen molar-refractivity contribution in [2.45, 2.75) is 25.3 Å². The number of aromatic carboxylic acids is 1. The summed E-state index contributed by atoms with van der Waals surface area (Å²) in [5.74, 6) is -0.199. The van der Waals surface area contributed by atoms with Crippen molar-refractivity contribution in [2.24, 2.45) is 5.73 Å². The molecule has 2 heterocycles. The Kier molecular flexibility index (Phi) is 3.02. The van der Waals surface area contributed by atoms with Crippen molar-refractivity contribution >= 4 is 11.8 Å². The number of anilines is 1. The third kappa shape index (κ3) is 2.74. The van der Waals surface area contributed by atoms with E-state index in [0.29, 0.717) is 0 Å². The van der Waals surface area contributed by atoms with Crippen LogP contribution < -0.4 is 10.6 Å². The van der Waals surface area contributed by atoms with Crippen LogP contribution >= 0.6 is 0 Å². The van der Waals surface area contributed by atoms with Gasteiger partial charge in [-0.3, -0.25) is 0 Å². The number of piperidine rings is 1.